The van der Waals surface area contributed by atoms with E-state index in [2.05, 4.69) is 13.8 Å². The van der Waals surface area contributed by atoms with Crippen molar-refractivity contribution in [1.29, 1.82) is 0 Å². The number of aliphatic carboxylic acids is 1. The normalized spacial score (nSPS) is 16.3. The Morgan fingerprint density at radius 3 is 1.91 bits per heavy atom. The van der Waals surface area contributed by atoms with Gasteiger partial charge in [-0.05, 0) is 31.9 Å². The Labute approximate surface area is 214 Å². The van der Waals surface area contributed by atoms with E-state index in [0.717, 1.165) is 25.0 Å². The van der Waals surface area contributed by atoms with E-state index in [9.17, 15) is 19.6 Å². The molecular formula is C26H51O6PS. The number of hydrogen-bond donors (Lipinski definition) is 2. The molecule has 34 heavy (non-hydrogen) atoms. The van der Waals surface area contributed by atoms with Gasteiger partial charge in [0.05, 0.1) is 6.10 Å². The van der Waals surface area contributed by atoms with E-state index in [1.54, 1.807) is 0 Å². The molecule has 0 fully saturated rings. The van der Waals surface area contributed by atoms with Gasteiger partial charge in [0, 0.05) is 11.9 Å². The Hall–Kier alpha value is -0.200. The largest absolute Gasteiger partial charge is 0.478 e. The summed E-state index contributed by atoms with van der Waals surface area (Å²) in [6, 6.07) is 0. The molecule has 0 saturated carbocycles. The molecule has 0 rings (SSSR count). The molecule has 4 atom stereocenters. The molecule has 0 heterocycles. The highest BCUT2D eigenvalue weighted by molar-refractivity contribution is 7.99. The third-order valence-electron chi connectivity index (χ3n) is 6.04. The number of hydrogen-bond acceptors (Lipinski definition) is 6. The summed E-state index contributed by atoms with van der Waals surface area (Å²) in [6.45, 7) is 8.45. The average molecular weight is 523 g/mol. The van der Waals surface area contributed by atoms with Crippen LogP contribution in [0.5, 0.6) is 0 Å². The number of rotatable bonds is 25. The number of thioether (sulfide) groups is 1. The number of ether oxygens (including phenoxy) is 2. The maximum atomic E-state index is 11.6. The fraction of sp³-hybridized carbons (Fsp3) is 0.962. The van der Waals surface area contributed by atoms with Gasteiger partial charge < -0.3 is 19.7 Å². The lowest BCUT2D eigenvalue weighted by molar-refractivity contribution is -0.230. The molecule has 0 aromatic rings. The number of carboxylic acid groups (broad SMARTS) is 1. The fourth-order valence-electron chi connectivity index (χ4n) is 3.81. The molecule has 0 spiro atoms. The van der Waals surface area contributed by atoms with Crippen LogP contribution >= 0.6 is 20.2 Å². The summed E-state index contributed by atoms with van der Waals surface area (Å²) in [5.74, 6) is -0.577. The van der Waals surface area contributed by atoms with Crippen LogP contribution < -0.4 is 0 Å². The van der Waals surface area contributed by atoms with Gasteiger partial charge in [0.1, 0.15) is 0 Å². The first kappa shape index (κ1) is 33.8. The predicted octanol–water partition coefficient (Wildman–Crippen LogP) is 7.81. The summed E-state index contributed by atoms with van der Waals surface area (Å²) in [5.41, 5.74) is 0. The SMILES string of the molecule is CCCCCCCCCCSC(CCCCCCC)C(C)OC(OCCC)C(O)(P=O)C(=O)O. The van der Waals surface area contributed by atoms with Crippen LogP contribution in [0.3, 0.4) is 0 Å². The number of unbranched alkanes of at least 4 members (excludes halogenated alkanes) is 11. The van der Waals surface area contributed by atoms with Gasteiger partial charge in [-0.3, -0.25) is 4.57 Å². The predicted molar refractivity (Wildman–Crippen MR) is 143 cm³/mol. The van der Waals surface area contributed by atoms with E-state index in [1.165, 1.54) is 70.6 Å². The molecule has 0 saturated heterocycles. The van der Waals surface area contributed by atoms with Gasteiger partial charge >= 0.3 is 5.97 Å². The van der Waals surface area contributed by atoms with Crippen LogP contribution in [0.2, 0.25) is 0 Å². The van der Waals surface area contributed by atoms with E-state index in [1.807, 2.05) is 25.6 Å². The summed E-state index contributed by atoms with van der Waals surface area (Å²) in [6.07, 6.45) is 16.0. The summed E-state index contributed by atoms with van der Waals surface area (Å²) in [5, 5.41) is 17.5. The van der Waals surface area contributed by atoms with E-state index in [4.69, 9.17) is 9.47 Å². The van der Waals surface area contributed by atoms with Gasteiger partial charge in [-0.1, -0.05) is 97.8 Å². The maximum absolute atomic E-state index is 11.6. The fourth-order valence-corrected chi connectivity index (χ4v) is 5.46. The van der Waals surface area contributed by atoms with Gasteiger partial charge in [0.2, 0.25) is 14.8 Å². The smallest absolute Gasteiger partial charge is 0.353 e. The van der Waals surface area contributed by atoms with Crippen LogP contribution in [0.25, 0.3) is 0 Å². The van der Waals surface area contributed by atoms with Crippen molar-refractivity contribution in [2.75, 3.05) is 12.4 Å². The van der Waals surface area contributed by atoms with Gasteiger partial charge in [-0.25, -0.2) is 4.79 Å². The molecule has 0 aromatic carbocycles. The minimum absolute atomic E-state index is 0.167. The van der Waals surface area contributed by atoms with Gasteiger partial charge in [-0.2, -0.15) is 11.8 Å². The highest BCUT2D eigenvalue weighted by atomic mass is 32.2. The van der Waals surface area contributed by atoms with Crippen molar-refractivity contribution in [3.8, 4) is 0 Å². The van der Waals surface area contributed by atoms with Crippen LogP contribution in [0.15, 0.2) is 0 Å². The van der Waals surface area contributed by atoms with E-state index in [0.29, 0.717) is 6.42 Å². The lowest BCUT2D eigenvalue weighted by Gasteiger charge is -2.32. The van der Waals surface area contributed by atoms with Crippen LogP contribution in [-0.4, -0.2) is 51.5 Å². The Balaban J connectivity index is 4.87. The van der Waals surface area contributed by atoms with Crippen molar-refractivity contribution < 1.29 is 29.0 Å². The molecular weight excluding hydrogens is 471 g/mol. The third-order valence-corrected chi connectivity index (χ3v) is 8.29. The molecule has 0 aliphatic heterocycles. The molecule has 202 valence electrons. The molecule has 2 N–H and O–H groups in total. The van der Waals surface area contributed by atoms with Crippen LogP contribution in [0.4, 0.5) is 0 Å². The second-order valence-corrected chi connectivity index (χ2v) is 11.5. The van der Waals surface area contributed by atoms with Crippen molar-refractivity contribution in [3.63, 3.8) is 0 Å². The lowest BCUT2D eigenvalue weighted by Crippen LogP contribution is -2.50. The molecule has 8 heteroatoms. The van der Waals surface area contributed by atoms with Crippen molar-refractivity contribution >= 4 is 26.2 Å². The zero-order valence-electron chi connectivity index (χ0n) is 22.1. The first-order chi connectivity index (χ1) is 16.4. The number of carbonyl (C=O) groups is 1. The highest BCUT2D eigenvalue weighted by Crippen LogP contribution is 2.32. The average Bonchev–Trinajstić information content (AvgIpc) is 2.83. The molecule has 4 unspecified atom stereocenters. The van der Waals surface area contributed by atoms with Gasteiger partial charge in [-0.15, -0.1) is 0 Å². The summed E-state index contributed by atoms with van der Waals surface area (Å²) in [4.78, 5) is 11.6. The second-order valence-electron chi connectivity index (χ2n) is 9.25. The Morgan fingerprint density at radius 1 is 0.882 bits per heavy atom. The Bertz CT molecular complexity index is 510. The Kier molecular flexibility index (Phi) is 21.9. The van der Waals surface area contributed by atoms with Crippen molar-refractivity contribution in [2.24, 2.45) is 0 Å². The first-order valence-corrected chi connectivity index (χ1v) is 15.4. The molecule has 0 bridgehead atoms. The summed E-state index contributed by atoms with van der Waals surface area (Å²) in [7, 11) is -0.940. The topological polar surface area (TPSA) is 93.1 Å². The van der Waals surface area contributed by atoms with Crippen LogP contribution in [-0.2, 0) is 18.8 Å². The van der Waals surface area contributed by atoms with Crippen molar-refractivity contribution in [2.45, 2.75) is 147 Å². The van der Waals surface area contributed by atoms with E-state index in [-0.39, 0.29) is 18.0 Å². The summed E-state index contributed by atoms with van der Waals surface area (Å²) >= 11 is 1.87. The quantitative estimate of drug-likeness (QED) is 0.0717. The van der Waals surface area contributed by atoms with Crippen LogP contribution in [0, 0.1) is 0 Å². The minimum atomic E-state index is -2.61. The van der Waals surface area contributed by atoms with Crippen molar-refractivity contribution in [3.05, 3.63) is 0 Å². The minimum Gasteiger partial charge on any atom is -0.478 e. The zero-order valence-corrected chi connectivity index (χ0v) is 23.8. The maximum Gasteiger partial charge on any atom is 0.353 e. The first-order valence-electron chi connectivity index (χ1n) is 13.6. The van der Waals surface area contributed by atoms with Crippen LogP contribution in [0.1, 0.15) is 124 Å². The monoisotopic (exact) mass is 522 g/mol. The zero-order chi connectivity index (χ0) is 25.7. The molecule has 0 amide bonds. The standard InChI is InChI=1S/C26H51O6PS/c1-5-8-10-12-13-14-16-18-21-34-23(19-17-15-11-9-6-2)22(4)32-25(31-20-7-3)26(29,33-30)24(27)28/h22-23,25,29H,5-21H2,1-4H3,(H,27,28). The second kappa shape index (κ2) is 22.0. The lowest BCUT2D eigenvalue weighted by atomic mass is 10.1. The molecule has 6 nitrogen and oxygen atoms in total. The third kappa shape index (κ3) is 15.0. The van der Waals surface area contributed by atoms with Crippen molar-refractivity contribution in [1.82, 2.24) is 0 Å². The molecule has 0 aliphatic rings. The van der Waals surface area contributed by atoms with E-state index >= 15 is 0 Å². The highest BCUT2D eigenvalue weighted by Gasteiger charge is 2.49. The number of carboxylic acids is 1. The molecule has 0 aromatic heterocycles. The van der Waals surface area contributed by atoms with Gasteiger partial charge in [0.25, 0.3) is 5.34 Å². The van der Waals surface area contributed by atoms with Gasteiger partial charge in [0.15, 0.2) is 0 Å². The molecule has 0 aliphatic carbocycles. The number of aliphatic hydroxyl groups is 1. The molecule has 0 radical (unpaired) electrons. The summed E-state index contributed by atoms with van der Waals surface area (Å²) < 4.78 is 23.0. The van der Waals surface area contributed by atoms with E-state index < -0.39 is 26.1 Å². The Morgan fingerprint density at radius 2 is 1.41 bits per heavy atom.